The van der Waals surface area contributed by atoms with Crippen LogP contribution in [0.25, 0.3) is 0 Å². The zero-order valence-corrected chi connectivity index (χ0v) is 14.1. The predicted molar refractivity (Wildman–Crippen MR) is 92.3 cm³/mol. The van der Waals surface area contributed by atoms with E-state index in [9.17, 15) is 13.2 Å². The Morgan fingerprint density at radius 3 is 2.29 bits per heavy atom. The Morgan fingerprint density at radius 1 is 1.04 bits per heavy atom. The Balaban J connectivity index is 1.89. The first-order valence-corrected chi connectivity index (χ1v) is 9.37. The lowest BCUT2D eigenvalue weighted by Crippen LogP contribution is -2.54. The third-order valence-corrected chi connectivity index (χ3v) is 5.88. The van der Waals surface area contributed by atoms with Gasteiger partial charge in [-0.25, -0.2) is 13.1 Å². The number of rotatable bonds is 6. The van der Waals surface area contributed by atoms with E-state index in [1.807, 2.05) is 0 Å². The third kappa shape index (κ3) is 3.40. The topological polar surface area (TPSA) is 89.3 Å². The van der Waals surface area contributed by atoms with Crippen molar-refractivity contribution in [2.45, 2.75) is 29.7 Å². The maximum absolute atomic E-state index is 12.7. The fraction of sp³-hybridized carbons (Fsp3) is 0.278. The van der Waals surface area contributed by atoms with Crippen LogP contribution in [-0.4, -0.2) is 26.3 Å². The molecule has 0 amide bonds. The number of hydrogen-bond acceptors (Lipinski definition) is 4. The number of nitrogens with one attached hydrogen (secondary N) is 1. The molecule has 0 saturated heterocycles. The SMILES string of the molecule is NC1(CNS(=O)(=O)c2ccccc2C(=O)c2ccccc2)CCC1. The molecule has 0 heterocycles. The van der Waals surface area contributed by atoms with E-state index in [4.69, 9.17) is 5.73 Å². The maximum Gasteiger partial charge on any atom is 0.241 e. The van der Waals surface area contributed by atoms with Crippen molar-refractivity contribution in [3.8, 4) is 0 Å². The van der Waals surface area contributed by atoms with E-state index in [1.165, 1.54) is 12.1 Å². The first-order chi connectivity index (χ1) is 11.4. The number of carbonyl (C=O) groups excluding carboxylic acids is 1. The molecule has 1 fully saturated rings. The lowest BCUT2D eigenvalue weighted by Gasteiger charge is -2.38. The lowest BCUT2D eigenvalue weighted by molar-refractivity contribution is 0.103. The van der Waals surface area contributed by atoms with Crippen LogP contribution in [0.2, 0.25) is 0 Å². The number of hydrogen-bond donors (Lipinski definition) is 2. The van der Waals surface area contributed by atoms with E-state index < -0.39 is 15.6 Å². The minimum absolute atomic E-state index is 0.0122. The van der Waals surface area contributed by atoms with Crippen LogP contribution in [0.5, 0.6) is 0 Å². The Kier molecular flexibility index (Phi) is 4.54. The average molecular weight is 344 g/mol. The average Bonchev–Trinajstić information content (AvgIpc) is 2.58. The normalized spacial score (nSPS) is 16.4. The molecule has 1 aliphatic carbocycles. The van der Waals surface area contributed by atoms with E-state index in [2.05, 4.69) is 4.72 Å². The number of sulfonamides is 1. The molecule has 0 atom stereocenters. The van der Waals surface area contributed by atoms with Gasteiger partial charge in [0.15, 0.2) is 5.78 Å². The Labute approximate surface area is 141 Å². The smallest absolute Gasteiger partial charge is 0.241 e. The van der Waals surface area contributed by atoms with Gasteiger partial charge in [-0.3, -0.25) is 4.79 Å². The Hall–Kier alpha value is -2.02. The molecule has 6 heteroatoms. The van der Waals surface area contributed by atoms with Gasteiger partial charge in [-0.15, -0.1) is 0 Å². The molecule has 3 N–H and O–H groups in total. The number of benzene rings is 2. The minimum atomic E-state index is -3.80. The fourth-order valence-electron chi connectivity index (χ4n) is 2.76. The van der Waals surface area contributed by atoms with Gasteiger partial charge in [0.05, 0.1) is 4.90 Å². The quantitative estimate of drug-likeness (QED) is 0.785. The molecule has 0 bridgehead atoms. The second kappa shape index (κ2) is 6.47. The van der Waals surface area contributed by atoms with Gasteiger partial charge in [-0.2, -0.15) is 0 Å². The van der Waals surface area contributed by atoms with E-state index >= 15 is 0 Å². The zero-order valence-electron chi connectivity index (χ0n) is 13.2. The van der Waals surface area contributed by atoms with Crippen LogP contribution in [-0.2, 0) is 10.0 Å². The molecule has 0 radical (unpaired) electrons. The van der Waals surface area contributed by atoms with Crippen molar-refractivity contribution in [3.63, 3.8) is 0 Å². The van der Waals surface area contributed by atoms with Crippen LogP contribution < -0.4 is 10.5 Å². The first-order valence-electron chi connectivity index (χ1n) is 7.89. The fourth-order valence-corrected chi connectivity index (χ4v) is 4.10. The molecule has 5 nitrogen and oxygen atoms in total. The van der Waals surface area contributed by atoms with Crippen molar-refractivity contribution in [1.82, 2.24) is 4.72 Å². The van der Waals surface area contributed by atoms with Crippen LogP contribution in [0.4, 0.5) is 0 Å². The number of nitrogens with two attached hydrogens (primary N) is 1. The summed E-state index contributed by atoms with van der Waals surface area (Å²) in [5.41, 5.74) is 6.23. The van der Waals surface area contributed by atoms with Gasteiger partial charge >= 0.3 is 0 Å². The molecule has 1 aliphatic rings. The number of ketones is 1. The molecule has 24 heavy (non-hydrogen) atoms. The minimum Gasteiger partial charge on any atom is -0.324 e. The maximum atomic E-state index is 12.7. The van der Waals surface area contributed by atoms with Crippen LogP contribution in [0, 0.1) is 0 Å². The van der Waals surface area contributed by atoms with E-state index in [0.29, 0.717) is 5.56 Å². The summed E-state index contributed by atoms with van der Waals surface area (Å²) in [6.07, 6.45) is 2.63. The summed E-state index contributed by atoms with van der Waals surface area (Å²) in [5, 5.41) is 0. The van der Waals surface area contributed by atoms with Gasteiger partial charge < -0.3 is 5.73 Å². The summed E-state index contributed by atoms with van der Waals surface area (Å²) in [4.78, 5) is 12.7. The summed E-state index contributed by atoms with van der Waals surface area (Å²) in [6.45, 7) is 0.184. The zero-order chi connectivity index (χ0) is 17.2. The van der Waals surface area contributed by atoms with Crippen molar-refractivity contribution in [3.05, 3.63) is 65.7 Å². The summed E-state index contributed by atoms with van der Waals surface area (Å²) >= 11 is 0. The predicted octanol–water partition coefficient (Wildman–Crippen LogP) is 2.08. The summed E-state index contributed by atoms with van der Waals surface area (Å²) in [6, 6.07) is 14.9. The second-order valence-electron chi connectivity index (χ2n) is 6.23. The highest BCUT2D eigenvalue weighted by Crippen LogP contribution is 2.29. The van der Waals surface area contributed by atoms with Crippen LogP contribution in [0.1, 0.15) is 35.2 Å². The van der Waals surface area contributed by atoms with Crippen molar-refractivity contribution in [2.24, 2.45) is 5.73 Å². The van der Waals surface area contributed by atoms with Crippen molar-refractivity contribution in [2.75, 3.05) is 6.54 Å². The summed E-state index contributed by atoms with van der Waals surface area (Å²) in [7, 11) is -3.80. The highest BCUT2D eigenvalue weighted by atomic mass is 32.2. The second-order valence-corrected chi connectivity index (χ2v) is 7.97. The van der Waals surface area contributed by atoms with Crippen LogP contribution in [0.3, 0.4) is 0 Å². The molecular formula is C18H20N2O3S. The molecular weight excluding hydrogens is 324 g/mol. The van der Waals surface area contributed by atoms with Gasteiger partial charge in [0, 0.05) is 23.2 Å². The summed E-state index contributed by atoms with van der Waals surface area (Å²) in [5.74, 6) is -0.317. The standard InChI is InChI=1S/C18H20N2O3S/c19-18(11-6-12-18)13-20-24(22,23)16-10-5-4-9-15(16)17(21)14-7-2-1-3-8-14/h1-5,7-10,20H,6,11-13,19H2. The van der Waals surface area contributed by atoms with Crippen molar-refractivity contribution < 1.29 is 13.2 Å². The van der Waals surface area contributed by atoms with E-state index in [0.717, 1.165) is 19.3 Å². The monoisotopic (exact) mass is 344 g/mol. The van der Waals surface area contributed by atoms with Gasteiger partial charge in [-0.1, -0.05) is 42.5 Å². The van der Waals surface area contributed by atoms with Gasteiger partial charge in [0.2, 0.25) is 10.0 Å². The van der Waals surface area contributed by atoms with Crippen LogP contribution in [0.15, 0.2) is 59.5 Å². The summed E-state index contributed by atoms with van der Waals surface area (Å²) < 4.78 is 27.9. The van der Waals surface area contributed by atoms with E-state index in [1.54, 1.807) is 42.5 Å². The molecule has 2 aromatic rings. The largest absolute Gasteiger partial charge is 0.324 e. The Morgan fingerprint density at radius 2 is 1.67 bits per heavy atom. The highest BCUT2D eigenvalue weighted by molar-refractivity contribution is 7.89. The molecule has 2 aromatic carbocycles. The van der Waals surface area contributed by atoms with Gasteiger partial charge in [0.25, 0.3) is 0 Å². The molecule has 0 unspecified atom stereocenters. The van der Waals surface area contributed by atoms with Crippen molar-refractivity contribution in [1.29, 1.82) is 0 Å². The Bertz CT molecular complexity index is 844. The van der Waals surface area contributed by atoms with E-state index in [-0.39, 0.29) is 22.8 Å². The molecule has 0 aromatic heterocycles. The first kappa shape index (κ1) is 16.8. The third-order valence-electron chi connectivity index (χ3n) is 4.42. The molecule has 3 rings (SSSR count). The van der Waals surface area contributed by atoms with Crippen molar-refractivity contribution >= 4 is 15.8 Å². The highest BCUT2D eigenvalue weighted by Gasteiger charge is 2.34. The van der Waals surface area contributed by atoms with Crippen LogP contribution >= 0.6 is 0 Å². The molecule has 0 aliphatic heterocycles. The number of carbonyl (C=O) groups is 1. The molecule has 0 spiro atoms. The molecule has 1 saturated carbocycles. The van der Waals surface area contributed by atoms with Gasteiger partial charge in [-0.05, 0) is 31.4 Å². The lowest BCUT2D eigenvalue weighted by atomic mass is 9.78. The van der Waals surface area contributed by atoms with Gasteiger partial charge in [0.1, 0.15) is 0 Å². The molecule has 126 valence electrons.